The second kappa shape index (κ2) is 8.74. The summed E-state index contributed by atoms with van der Waals surface area (Å²) in [5, 5.41) is 18.7. The molecular formula is C23H23ClN4O. The summed E-state index contributed by atoms with van der Waals surface area (Å²) < 4.78 is 1.77. The number of aliphatic hydroxyl groups excluding tert-OH is 1. The lowest BCUT2D eigenvalue weighted by molar-refractivity contribution is 0.174. The molecule has 2 aromatic carbocycles. The van der Waals surface area contributed by atoms with Crippen LogP contribution in [0.15, 0.2) is 67.1 Å². The average molecular weight is 407 g/mol. The highest BCUT2D eigenvalue weighted by Crippen LogP contribution is 2.23. The van der Waals surface area contributed by atoms with Crippen molar-refractivity contribution in [1.29, 1.82) is 0 Å². The van der Waals surface area contributed by atoms with Crippen LogP contribution in [0.5, 0.6) is 0 Å². The van der Waals surface area contributed by atoms with E-state index < -0.39 is 6.10 Å². The Morgan fingerprint density at radius 2 is 2.00 bits per heavy atom. The summed E-state index contributed by atoms with van der Waals surface area (Å²) in [6.45, 7) is 3.19. The fraction of sp³-hybridized carbons (Fsp3) is 0.217. The first-order valence-electron chi connectivity index (χ1n) is 9.70. The van der Waals surface area contributed by atoms with Crippen LogP contribution in [-0.2, 0) is 13.0 Å². The summed E-state index contributed by atoms with van der Waals surface area (Å²) in [5.74, 6) is 0. The van der Waals surface area contributed by atoms with E-state index in [1.165, 1.54) is 0 Å². The largest absolute Gasteiger partial charge is 0.387 e. The van der Waals surface area contributed by atoms with Crippen LogP contribution in [0.2, 0.25) is 5.02 Å². The first-order chi connectivity index (χ1) is 14.1. The summed E-state index contributed by atoms with van der Waals surface area (Å²) in [4.78, 5) is 4.18. The molecule has 1 unspecified atom stereocenters. The zero-order chi connectivity index (χ0) is 20.2. The third-order valence-corrected chi connectivity index (χ3v) is 5.40. The van der Waals surface area contributed by atoms with Gasteiger partial charge in [-0.05, 0) is 52.9 Å². The van der Waals surface area contributed by atoms with Crippen LogP contribution in [-0.4, -0.2) is 26.2 Å². The van der Waals surface area contributed by atoms with Gasteiger partial charge in [0.25, 0.3) is 0 Å². The summed E-state index contributed by atoms with van der Waals surface area (Å²) in [7, 11) is 0. The zero-order valence-electron chi connectivity index (χ0n) is 16.2. The Morgan fingerprint density at radius 3 is 2.83 bits per heavy atom. The summed E-state index contributed by atoms with van der Waals surface area (Å²) >= 11 is 6.27. The van der Waals surface area contributed by atoms with E-state index in [-0.39, 0.29) is 0 Å². The highest BCUT2D eigenvalue weighted by molar-refractivity contribution is 6.31. The van der Waals surface area contributed by atoms with Gasteiger partial charge in [-0.15, -0.1) is 0 Å². The van der Waals surface area contributed by atoms with Gasteiger partial charge in [-0.3, -0.25) is 0 Å². The van der Waals surface area contributed by atoms with Crippen molar-refractivity contribution in [2.24, 2.45) is 0 Å². The monoisotopic (exact) mass is 406 g/mol. The molecule has 0 aliphatic heterocycles. The van der Waals surface area contributed by atoms with Gasteiger partial charge in [-0.2, -0.15) is 5.10 Å². The Labute approximate surface area is 175 Å². The van der Waals surface area contributed by atoms with Gasteiger partial charge in [0.05, 0.1) is 6.10 Å². The molecule has 0 amide bonds. The number of aromatic nitrogens is 3. The number of benzene rings is 2. The molecule has 4 rings (SSSR count). The molecule has 2 N–H and O–H groups in total. The molecule has 1 atom stereocenters. The molecule has 5 nitrogen and oxygen atoms in total. The molecule has 0 bridgehead atoms. The van der Waals surface area contributed by atoms with Crippen molar-refractivity contribution in [3.8, 4) is 11.1 Å². The molecule has 4 aromatic rings. The molecule has 0 spiro atoms. The molecule has 0 fully saturated rings. The van der Waals surface area contributed by atoms with Gasteiger partial charge >= 0.3 is 0 Å². The van der Waals surface area contributed by atoms with Crippen LogP contribution < -0.4 is 5.32 Å². The van der Waals surface area contributed by atoms with Crippen LogP contribution in [0.25, 0.3) is 16.8 Å². The minimum atomic E-state index is -0.601. The lowest BCUT2D eigenvalue weighted by Crippen LogP contribution is -2.21. The Morgan fingerprint density at radius 1 is 1.10 bits per heavy atom. The van der Waals surface area contributed by atoms with Crippen LogP contribution in [0, 0.1) is 0 Å². The number of fused-ring (bicyclic) bond motifs is 1. The summed E-state index contributed by atoms with van der Waals surface area (Å²) in [6.07, 6.45) is 3.81. The first-order valence-corrected chi connectivity index (χ1v) is 10.1. The van der Waals surface area contributed by atoms with E-state index in [0.29, 0.717) is 18.1 Å². The van der Waals surface area contributed by atoms with Crippen molar-refractivity contribution in [2.45, 2.75) is 26.0 Å². The predicted octanol–water partition coefficient (Wildman–Crippen LogP) is 4.44. The molecule has 148 valence electrons. The normalized spacial score (nSPS) is 12.4. The second-order valence-corrected chi connectivity index (χ2v) is 7.44. The number of rotatable bonds is 7. The van der Waals surface area contributed by atoms with Crippen LogP contribution in [0.4, 0.5) is 0 Å². The Hall–Kier alpha value is -2.73. The quantitative estimate of drug-likeness (QED) is 0.476. The maximum Gasteiger partial charge on any atom is 0.155 e. The maximum absolute atomic E-state index is 10.5. The topological polar surface area (TPSA) is 62.5 Å². The Kier molecular flexibility index (Phi) is 5.90. The second-order valence-electron chi connectivity index (χ2n) is 7.03. The van der Waals surface area contributed by atoms with E-state index in [9.17, 15) is 5.11 Å². The van der Waals surface area contributed by atoms with E-state index in [1.54, 1.807) is 10.8 Å². The first kappa shape index (κ1) is 19.6. The summed E-state index contributed by atoms with van der Waals surface area (Å²) in [6, 6.07) is 18.1. The third kappa shape index (κ3) is 4.48. The lowest BCUT2D eigenvalue weighted by Gasteiger charge is -2.14. The third-order valence-electron chi connectivity index (χ3n) is 5.04. The molecule has 0 radical (unpaired) electrons. The number of hydrogen-bond donors (Lipinski definition) is 2. The van der Waals surface area contributed by atoms with Gasteiger partial charge in [0.2, 0.25) is 0 Å². The van der Waals surface area contributed by atoms with Crippen molar-refractivity contribution in [3.05, 3.63) is 88.8 Å². The number of aryl methyl sites for hydroxylation is 1. The molecule has 0 aliphatic carbocycles. The number of nitrogens with zero attached hydrogens (tertiary/aromatic N) is 3. The Bertz CT molecular complexity index is 1120. The Balaban J connectivity index is 1.40. The number of aliphatic hydroxyl groups is 1. The zero-order valence-corrected chi connectivity index (χ0v) is 17.0. The van der Waals surface area contributed by atoms with E-state index >= 15 is 0 Å². The molecule has 6 heteroatoms. The van der Waals surface area contributed by atoms with Gasteiger partial charge in [-0.1, -0.05) is 48.9 Å². The maximum atomic E-state index is 10.5. The van der Waals surface area contributed by atoms with Gasteiger partial charge in [0, 0.05) is 29.9 Å². The van der Waals surface area contributed by atoms with Gasteiger partial charge in [0.15, 0.2) is 5.65 Å². The van der Waals surface area contributed by atoms with E-state index in [1.807, 2.05) is 42.6 Å². The van der Waals surface area contributed by atoms with Crippen molar-refractivity contribution in [1.82, 2.24) is 19.9 Å². The van der Waals surface area contributed by atoms with Crippen molar-refractivity contribution >= 4 is 17.2 Å². The standard InChI is InChI=1S/C23H23ClN4O/c1-2-17-6-7-19(11-21(17)24)22(29)13-25-12-16-4-3-5-18(10-16)20-8-9-23-26-15-27-28(23)14-20/h3-11,14-15,22,25,29H,2,12-13H2,1H3. The van der Waals surface area contributed by atoms with Crippen LogP contribution >= 0.6 is 11.6 Å². The highest BCUT2D eigenvalue weighted by Gasteiger charge is 2.10. The fourth-order valence-corrected chi connectivity index (χ4v) is 3.70. The van der Waals surface area contributed by atoms with Crippen LogP contribution in [0.1, 0.15) is 29.7 Å². The SMILES string of the molecule is CCc1ccc(C(O)CNCc2cccc(-c3ccc4ncnn4c3)c2)cc1Cl. The highest BCUT2D eigenvalue weighted by atomic mass is 35.5. The molecule has 0 aliphatic rings. The smallest absolute Gasteiger partial charge is 0.155 e. The minimum Gasteiger partial charge on any atom is -0.387 e. The number of hydrogen-bond acceptors (Lipinski definition) is 4. The number of halogens is 1. The van der Waals surface area contributed by atoms with Gasteiger partial charge < -0.3 is 10.4 Å². The van der Waals surface area contributed by atoms with Crippen molar-refractivity contribution in [2.75, 3.05) is 6.54 Å². The van der Waals surface area contributed by atoms with Crippen LogP contribution in [0.3, 0.4) is 0 Å². The van der Waals surface area contributed by atoms with E-state index in [2.05, 4.69) is 40.5 Å². The van der Waals surface area contributed by atoms with E-state index in [4.69, 9.17) is 11.6 Å². The van der Waals surface area contributed by atoms with Crippen molar-refractivity contribution < 1.29 is 5.11 Å². The minimum absolute atomic E-state index is 0.455. The molecule has 2 aromatic heterocycles. The van der Waals surface area contributed by atoms with E-state index in [0.717, 1.165) is 39.9 Å². The summed E-state index contributed by atoms with van der Waals surface area (Å²) in [5.41, 5.74) is 6.09. The molecule has 0 saturated heterocycles. The molecule has 2 heterocycles. The van der Waals surface area contributed by atoms with Crippen molar-refractivity contribution in [3.63, 3.8) is 0 Å². The van der Waals surface area contributed by atoms with Gasteiger partial charge in [0.1, 0.15) is 6.33 Å². The number of pyridine rings is 1. The number of nitrogens with one attached hydrogen (secondary N) is 1. The predicted molar refractivity (Wildman–Crippen MR) is 116 cm³/mol. The fourth-order valence-electron chi connectivity index (χ4n) is 3.38. The average Bonchev–Trinajstić information content (AvgIpc) is 3.21. The molecular weight excluding hydrogens is 384 g/mol. The lowest BCUT2D eigenvalue weighted by atomic mass is 10.0. The molecule has 29 heavy (non-hydrogen) atoms. The van der Waals surface area contributed by atoms with Gasteiger partial charge in [-0.25, -0.2) is 9.50 Å². The molecule has 0 saturated carbocycles.